The van der Waals surface area contributed by atoms with Gasteiger partial charge in [-0.25, -0.2) is 0 Å². The van der Waals surface area contributed by atoms with Crippen molar-refractivity contribution in [1.29, 1.82) is 0 Å². The van der Waals surface area contributed by atoms with Crippen molar-refractivity contribution in [2.75, 3.05) is 7.11 Å². The molecule has 0 saturated carbocycles. The second-order valence-electron chi connectivity index (χ2n) is 4.13. The van der Waals surface area contributed by atoms with Gasteiger partial charge in [0.25, 0.3) is 0 Å². The summed E-state index contributed by atoms with van der Waals surface area (Å²) in [5.41, 5.74) is 2.62. The Bertz CT molecular complexity index is 418. The minimum Gasteiger partial charge on any atom is -0.497 e. The lowest BCUT2D eigenvalue weighted by molar-refractivity contribution is -0.118. The molecule has 0 aliphatic heterocycles. The molecule has 0 heterocycles. The number of carbonyl (C=O) groups is 1. The van der Waals surface area contributed by atoms with Crippen molar-refractivity contribution < 1.29 is 9.53 Å². The Balaban J connectivity index is 2.06. The maximum absolute atomic E-state index is 11.1. The fraction of sp³-hybridized carbons (Fsp3) is 0.357. The van der Waals surface area contributed by atoms with Crippen molar-refractivity contribution in [2.45, 2.75) is 25.7 Å². The van der Waals surface area contributed by atoms with Gasteiger partial charge >= 0.3 is 0 Å². The van der Waals surface area contributed by atoms with Crippen LogP contribution in [0.4, 0.5) is 0 Å². The SMILES string of the molecule is COc1cccc(CC2=CCC(=O)CC2)c1. The van der Waals surface area contributed by atoms with E-state index in [-0.39, 0.29) is 0 Å². The molecule has 2 nitrogen and oxygen atoms in total. The van der Waals surface area contributed by atoms with Crippen molar-refractivity contribution in [1.82, 2.24) is 0 Å². The third kappa shape index (κ3) is 2.72. The van der Waals surface area contributed by atoms with E-state index in [0.29, 0.717) is 18.6 Å². The summed E-state index contributed by atoms with van der Waals surface area (Å²) < 4.78 is 5.19. The van der Waals surface area contributed by atoms with Crippen molar-refractivity contribution in [3.63, 3.8) is 0 Å². The number of hydrogen-bond acceptors (Lipinski definition) is 2. The number of hydrogen-bond donors (Lipinski definition) is 0. The Labute approximate surface area is 95.9 Å². The molecular weight excluding hydrogens is 200 g/mol. The zero-order valence-corrected chi connectivity index (χ0v) is 9.53. The number of rotatable bonds is 3. The lowest BCUT2D eigenvalue weighted by atomic mass is 9.93. The molecule has 1 aliphatic carbocycles. The van der Waals surface area contributed by atoms with E-state index in [1.807, 2.05) is 12.1 Å². The summed E-state index contributed by atoms with van der Waals surface area (Å²) >= 11 is 0. The number of ketones is 1. The van der Waals surface area contributed by atoms with Crippen molar-refractivity contribution in [3.8, 4) is 5.75 Å². The summed E-state index contributed by atoms with van der Waals surface area (Å²) in [6, 6.07) is 8.10. The fourth-order valence-corrected chi connectivity index (χ4v) is 1.97. The summed E-state index contributed by atoms with van der Waals surface area (Å²) in [6.07, 6.45) is 5.24. The lowest BCUT2D eigenvalue weighted by Crippen LogP contribution is -2.05. The second kappa shape index (κ2) is 4.97. The Morgan fingerprint density at radius 2 is 2.19 bits per heavy atom. The zero-order valence-electron chi connectivity index (χ0n) is 9.53. The summed E-state index contributed by atoms with van der Waals surface area (Å²) in [5.74, 6) is 1.25. The van der Waals surface area contributed by atoms with Crippen LogP contribution in [0, 0.1) is 0 Å². The van der Waals surface area contributed by atoms with Crippen LogP contribution in [0.3, 0.4) is 0 Å². The first kappa shape index (κ1) is 10.9. The van der Waals surface area contributed by atoms with Crippen LogP contribution in [-0.4, -0.2) is 12.9 Å². The highest BCUT2D eigenvalue weighted by Crippen LogP contribution is 2.21. The van der Waals surface area contributed by atoms with Crippen molar-refractivity contribution in [2.24, 2.45) is 0 Å². The minimum atomic E-state index is 0.356. The van der Waals surface area contributed by atoms with E-state index in [9.17, 15) is 4.79 Å². The Morgan fingerprint density at radius 1 is 1.31 bits per heavy atom. The Hall–Kier alpha value is -1.57. The number of benzene rings is 1. The molecule has 0 unspecified atom stereocenters. The zero-order chi connectivity index (χ0) is 11.4. The maximum atomic E-state index is 11.1. The van der Waals surface area contributed by atoms with E-state index in [2.05, 4.69) is 18.2 Å². The first-order valence-corrected chi connectivity index (χ1v) is 5.60. The van der Waals surface area contributed by atoms with Gasteiger partial charge in [-0.15, -0.1) is 0 Å². The average Bonchev–Trinajstić information content (AvgIpc) is 2.32. The molecule has 0 fully saturated rings. The number of methoxy groups -OCH3 is 1. The summed E-state index contributed by atoms with van der Waals surface area (Å²) in [6.45, 7) is 0. The van der Waals surface area contributed by atoms with E-state index >= 15 is 0 Å². The first-order chi connectivity index (χ1) is 7.78. The Kier molecular flexibility index (Phi) is 3.40. The molecule has 2 rings (SSSR count). The highest BCUT2D eigenvalue weighted by Gasteiger charge is 2.10. The van der Waals surface area contributed by atoms with Crippen LogP contribution in [0.5, 0.6) is 5.75 Å². The van der Waals surface area contributed by atoms with Gasteiger partial charge in [0.2, 0.25) is 0 Å². The number of carbonyl (C=O) groups excluding carboxylic acids is 1. The van der Waals surface area contributed by atoms with Crippen LogP contribution in [0.1, 0.15) is 24.8 Å². The van der Waals surface area contributed by atoms with Gasteiger partial charge in [-0.3, -0.25) is 4.79 Å². The van der Waals surface area contributed by atoms with Crippen molar-refractivity contribution >= 4 is 5.78 Å². The molecular formula is C14H16O2. The van der Waals surface area contributed by atoms with Gasteiger partial charge in [-0.1, -0.05) is 23.8 Å². The molecule has 0 saturated heterocycles. The molecule has 1 aliphatic rings. The summed E-state index contributed by atoms with van der Waals surface area (Å²) in [7, 11) is 1.68. The van der Waals surface area contributed by atoms with Gasteiger partial charge in [0.05, 0.1) is 7.11 Å². The number of Topliss-reactive ketones (excluding diaryl/α,β-unsaturated/α-hetero) is 1. The molecule has 0 bridgehead atoms. The molecule has 0 atom stereocenters. The van der Waals surface area contributed by atoms with E-state index in [0.717, 1.165) is 18.6 Å². The molecule has 0 amide bonds. The second-order valence-corrected chi connectivity index (χ2v) is 4.13. The molecule has 16 heavy (non-hydrogen) atoms. The maximum Gasteiger partial charge on any atom is 0.136 e. The van der Waals surface area contributed by atoms with E-state index in [1.54, 1.807) is 7.11 Å². The van der Waals surface area contributed by atoms with E-state index in [4.69, 9.17) is 4.74 Å². The third-order valence-corrected chi connectivity index (χ3v) is 2.91. The number of ether oxygens (including phenoxy) is 1. The highest BCUT2D eigenvalue weighted by atomic mass is 16.5. The molecule has 84 valence electrons. The van der Waals surface area contributed by atoms with Crippen LogP contribution in [0.25, 0.3) is 0 Å². The summed E-state index contributed by atoms with van der Waals surface area (Å²) in [4.78, 5) is 11.1. The first-order valence-electron chi connectivity index (χ1n) is 5.60. The van der Waals surface area contributed by atoms with Crippen LogP contribution in [0.2, 0.25) is 0 Å². The van der Waals surface area contributed by atoms with Crippen LogP contribution < -0.4 is 4.74 Å². The molecule has 0 spiro atoms. The lowest BCUT2D eigenvalue weighted by Gasteiger charge is -2.12. The third-order valence-electron chi connectivity index (χ3n) is 2.91. The molecule has 0 N–H and O–H groups in total. The van der Waals surface area contributed by atoms with E-state index < -0.39 is 0 Å². The largest absolute Gasteiger partial charge is 0.497 e. The van der Waals surface area contributed by atoms with Crippen LogP contribution >= 0.6 is 0 Å². The van der Waals surface area contributed by atoms with Gasteiger partial charge in [0, 0.05) is 12.8 Å². The monoisotopic (exact) mass is 216 g/mol. The predicted octanol–water partition coefficient (Wildman–Crippen LogP) is 2.92. The predicted molar refractivity (Wildman–Crippen MR) is 63.6 cm³/mol. The van der Waals surface area contributed by atoms with Crippen LogP contribution in [0.15, 0.2) is 35.9 Å². The molecule has 1 aromatic rings. The molecule has 0 radical (unpaired) electrons. The average molecular weight is 216 g/mol. The normalized spacial score (nSPS) is 15.8. The van der Waals surface area contributed by atoms with Crippen molar-refractivity contribution in [3.05, 3.63) is 41.5 Å². The molecule has 1 aromatic carbocycles. The topological polar surface area (TPSA) is 26.3 Å². The quantitative estimate of drug-likeness (QED) is 0.726. The summed E-state index contributed by atoms with van der Waals surface area (Å²) in [5, 5.41) is 0. The standard InChI is InChI=1S/C14H16O2/c1-16-14-4-2-3-12(10-14)9-11-5-7-13(15)8-6-11/h2-5,10H,6-9H2,1H3. The van der Waals surface area contributed by atoms with Crippen LogP contribution in [-0.2, 0) is 11.2 Å². The Morgan fingerprint density at radius 3 is 2.88 bits per heavy atom. The van der Waals surface area contributed by atoms with Gasteiger partial charge < -0.3 is 4.74 Å². The van der Waals surface area contributed by atoms with Gasteiger partial charge in [-0.05, 0) is 30.5 Å². The fourth-order valence-electron chi connectivity index (χ4n) is 1.97. The van der Waals surface area contributed by atoms with Gasteiger partial charge in [-0.2, -0.15) is 0 Å². The smallest absolute Gasteiger partial charge is 0.136 e. The van der Waals surface area contributed by atoms with Gasteiger partial charge in [0.1, 0.15) is 11.5 Å². The molecule has 2 heteroatoms. The molecule has 0 aromatic heterocycles. The van der Waals surface area contributed by atoms with Gasteiger partial charge in [0.15, 0.2) is 0 Å². The minimum absolute atomic E-state index is 0.356. The number of allylic oxidation sites excluding steroid dienone is 2. The highest BCUT2D eigenvalue weighted by molar-refractivity contribution is 5.81. The van der Waals surface area contributed by atoms with E-state index in [1.165, 1.54) is 11.1 Å².